The quantitative estimate of drug-likeness (QED) is 0.917. The van der Waals surface area contributed by atoms with Crippen LogP contribution in [0.1, 0.15) is 22.5 Å². The van der Waals surface area contributed by atoms with E-state index in [-0.39, 0.29) is 11.8 Å². The first-order valence-corrected chi connectivity index (χ1v) is 8.49. The van der Waals surface area contributed by atoms with Crippen molar-refractivity contribution in [1.29, 1.82) is 0 Å². The topological polar surface area (TPSA) is 66.8 Å². The highest BCUT2D eigenvalue weighted by atomic mass is 35.5. The number of amides is 1. The van der Waals surface area contributed by atoms with Gasteiger partial charge in [-0.3, -0.25) is 9.59 Å². The number of piperidine rings is 1. The number of nitrogens with zero attached hydrogens (tertiary/aromatic N) is 1. The lowest BCUT2D eigenvalue weighted by atomic mass is 9.97. The highest BCUT2D eigenvalue weighted by molar-refractivity contribution is 7.21. The number of carbonyl (C=O) groups is 2. The van der Waals surface area contributed by atoms with Crippen molar-refractivity contribution < 1.29 is 19.4 Å². The van der Waals surface area contributed by atoms with Crippen molar-refractivity contribution in [3.05, 3.63) is 28.1 Å². The molecule has 0 radical (unpaired) electrons. The third-order valence-electron chi connectivity index (χ3n) is 4.16. The van der Waals surface area contributed by atoms with Gasteiger partial charge in [0.1, 0.15) is 10.6 Å². The van der Waals surface area contributed by atoms with Crippen molar-refractivity contribution in [2.75, 3.05) is 20.2 Å². The molecule has 1 fully saturated rings. The molecule has 0 bridgehead atoms. The molecule has 1 aromatic heterocycles. The highest BCUT2D eigenvalue weighted by Gasteiger charge is 2.29. The van der Waals surface area contributed by atoms with Crippen molar-refractivity contribution >= 4 is 44.9 Å². The number of hydrogen-bond donors (Lipinski definition) is 1. The van der Waals surface area contributed by atoms with E-state index in [9.17, 15) is 9.59 Å². The van der Waals surface area contributed by atoms with Crippen LogP contribution >= 0.6 is 22.9 Å². The summed E-state index contributed by atoms with van der Waals surface area (Å²) in [6, 6.07) is 5.54. The van der Waals surface area contributed by atoms with E-state index < -0.39 is 5.97 Å². The Hall–Kier alpha value is -1.79. The Kier molecular flexibility index (Phi) is 4.46. The van der Waals surface area contributed by atoms with Crippen molar-refractivity contribution in [1.82, 2.24) is 4.90 Å². The average molecular weight is 354 g/mol. The fraction of sp³-hybridized carbons (Fsp3) is 0.375. The van der Waals surface area contributed by atoms with Gasteiger partial charge in [-0.25, -0.2) is 0 Å². The van der Waals surface area contributed by atoms with Gasteiger partial charge in [-0.15, -0.1) is 11.3 Å². The molecule has 3 rings (SSSR count). The molecule has 2 heterocycles. The summed E-state index contributed by atoms with van der Waals surface area (Å²) in [6.07, 6.45) is 0.967. The maximum absolute atomic E-state index is 12.7. The van der Waals surface area contributed by atoms with Crippen LogP contribution in [0.5, 0.6) is 5.75 Å². The Morgan fingerprint density at radius 3 is 2.65 bits per heavy atom. The van der Waals surface area contributed by atoms with Crippen molar-refractivity contribution in [3.8, 4) is 5.75 Å². The van der Waals surface area contributed by atoms with Gasteiger partial charge in [-0.1, -0.05) is 11.6 Å². The van der Waals surface area contributed by atoms with Crippen LogP contribution in [0.3, 0.4) is 0 Å². The molecular formula is C16H16ClNO4S. The second kappa shape index (κ2) is 6.37. The first kappa shape index (κ1) is 16.1. The molecule has 1 saturated heterocycles. The normalized spacial score (nSPS) is 15.8. The van der Waals surface area contributed by atoms with E-state index in [1.165, 1.54) is 11.3 Å². The number of rotatable bonds is 3. The van der Waals surface area contributed by atoms with E-state index in [2.05, 4.69) is 0 Å². The lowest BCUT2D eigenvalue weighted by molar-refractivity contribution is -0.143. The molecule has 122 valence electrons. The number of aliphatic carboxylic acids is 1. The predicted molar refractivity (Wildman–Crippen MR) is 89.7 cm³/mol. The molecule has 5 nitrogen and oxygen atoms in total. The van der Waals surface area contributed by atoms with E-state index in [1.807, 2.05) is 18.2 Å². The Bertz CT molecular complexity index is 765. The Morgan fingerprint density at radius 1 is 1.35 bits per heavy atom. The smallest absolute Gasteiger partial charge is 0.306 e. The fourth-order valence-corrected chi connectivity index (χ4v) is 4.24. The molecule has 23 heavy (non-hydrogen) atoms. The number of hydrogen-bond acceptors (Lipinski definition) is 4. The zero-order chi connectivity index (χ0) is 16.6. The zero-order valence-corrected chi connectivity index (χ0v) is 14.1. The van der Waals surface area contributed by atoms with Crippen LogP contribution < -0.4 is 4.74 Å². The molecule has 0 saturated carbocycles. The second-order valence-electron chi connectivity index (χ2n) is 5.51. The lowest BCUT2D eigenvalue weighted by Gasteiger charge is -2.29. The van der Waals surface area contributed by atoms with Crippen LogP contribution in [0, 0.1) is 5.92 Å². The summed E-state index contributed by atoms with van der Waals surface area (Å²) in [4.78, 5) is 25.9. The average Bonchev–Trinajstić information content (AvgIpc) is 2.90. The second-order valence-corrected chi connectivity index (χ2v) is 6.94. The minimum atomic E-state index is -0.788. The van der Waals surface area contributed by atoms with Gasteiger partial charge in [0.2, 0.25) is 0 Å². The molecule has 0 aliphatic carbocycles. The summed E-state index contributed by atoms with van der Waals surface area (Å²) in [5.41, 5.74) is 0. The molecule has 1 N–H and O–H groups in total. The fourth-order valence-electron chi connectivity index (χ4n) is 2.78. The number of thiophene rings is 1. The van der Waals surface area contributed by atoms with E-state index in [4.69, 9.17) is 21.4 Å². The molecule has 1 aromatic carbocycles. The van der Waals surface area contributed by atoms with Gasteiger partial charge >= 0.3 is 5.97 Å². The number of carboxylic acid groups (broad SMARTS) is 1. The lowest BCUT2D eigenvalue weighted by Crippen LogP contribution is -2.40. The molecule has 7 heteroatoms. The highest BCUT2D eigenvalue weighted by Crippen LogP contribution is 2.38. The van der Waals surface area contributed by atoms with Gasteiger partial charge in [0, 0.05) is 23.2 Å². The summed E-state index contributed by atoms with van der Waals surface area (Å²) >= 11 is 7.75. The Balaban J connectivity index is 1.84. The predicted octanol–water partition coefficient (Wildman–Crippen LogP) is 3.50. The van der Waals surface area contributed by atoms with Crippen LogP contribution in [-0.4, -0.2) is 42.1 Å². The van der Waals surface area contributed by atoms with Gasteiger partial charge in [0.15, 0.2) is 0 Å². The SMILES string of the molecule is COc1ccc2sc(C(=O)N3CCC(C(=O)O)CC3)c(Cl)c2c1. The molecule has 0 atom stereocenters. The standard InChI is InChI=1S/C16H16ClNO4S/c1-22-10-2-3-12-11(8-10)13(17)14(23-12)15(19)18-6-4-9(5-7-18)16(20)21/h2-3,8-9H,4-7H2,1H3,(H,20,21). The summed E-state index contributed by atoms with van der Waals surface area (Å²) in [5, 5.41) is 10.3. The Labute approximate surface area is 142 Å². The summed E-state index contributed by atoms with van der Waals surface area (Å²) in [7, 11) is 1.58. The number of halogens is 1. The van der Waals surface area contributed by atoms with Crippen LogP contribution in [0.15, 0.2) is 18.2 Å². The van der Waals surface area contributed by atoms with E-state index in [0.29, 0.717) is 41.6 Å². The monoisotopic (exact) mass is 353 g/mol. The summed E-state index contributed by atoms with van der Waals surface area (Å²) in [5.74, 6) is -0.581. The Morgan fingerprint density at radius 2 is 2.04 bits per heavy atom. The molecule has 0 unspecified atom stereocenters. The van der Waals surface area contributed by atoms with E-state index >= 15 is 0 Å². The minimum Gasteiger partial charge on any atom is -0.497 e. The zero-order valence-electron chi connectivity index (χ0n) is 12.5. The minimum absolute atomic E-state index is 0.126. The van der Waals surface area contributed by atoms with Crippen molar-refractivity contribution in [2.45, 2.75) is 12.8 Å². The van der Waals surface area contributed by atoms with Gasteiger partial charge in [-0.05, 0) is 31.0 Å². The van der Waals surface area contributed by atoms with Crippen molar-refractivity contribution in [3.63, 3.8) is 0 Å². The van der Waals surface area contributed by atoms with Gasteiger partial charge < -0.3 is 14.7 Å². The van der Waals surface area contributed by atoms with Gasteiger partial charge in [-0.2, -0.15) is 0 Å². The number of methoxy groups -OCH3 is 1. The van der Waals surface area contributed by atoms with Crippen molar-refractivity contribution in [2.24, 2.45) is 5.92 Å². The molecule has 2 aromatic rings. The number of benzene rings is 1. The first-order chi connectivity index (χ1) is 11.0. The summed E-state index contributed by atoms with van der Waals surface area (Å²) in [6.45, 7) is 0.896. The summed E-state index contributed by atoms with van der Waals surface area (Å²) < 4.78 is 6.12. The molecule has 1 aliphatic heterocycles. The number of likely N-dealkylation sites (tertiary alicyclic amines) is 1. The van der Waals surface area contributed by atoms with E-state index in [1.54, 1.807) is 12.0 Å². The first-order valence-electron chi connectivity index (χ1n) is 7.29. The molecule has 0 spiro atoms. The van der Waals surface area contributed by atoms with Crippen LogP contribution in [0.2, 0.25) is 5.02 Å². The number of carboxylic acids is 1. The maximum atomic E-state index is 12.7. The number of fused-ring (bicyclic) bond motifs is 1. The number of carbonyl (C=O) groups excluding carboxylic acids is 1. The van der Waals surface area contributed by atoms with Gasteiger partial charge in [0.05, 0.1) is 18.1 Å². The third-order valence-corrected chi connectivity index (χ3v) is 5.82. The van der Waals surface area contributed by atoms with Crippen LogP contribution in [0.25, 0.3) is 10.1 Å². The van der Waals surface area contributed by atoms with E-state index in [0.717, 1.165) is 10.1 Å². The van der Waals surface area contributed by atoms with Crippen LogP contribution in [0.4, 0.5) is 0 Å². The largest absolute Gasteiger partial charge is 0.497 e. The molecule has 1 amide bonds. The number of ether oxygens (including phenoxy) is 1. The maximum Gasteiger partial charge on any atom is 0.306 e. The molecular weight excluding hydrogens is 338 g/mol. The molecule has 1 aliphatic rings. The third kappa shape index (κ3) is 3.01. The van der Waals surface area contributed by atoms with Crippen LogP contribution in [-0.2, 0) is 4.79 Å². The van der Waals surface area contributed by atoms with Gasteiger partial charge in [0.25, 0.3) is 5.91 Å².